The van der Waals surface area contributed by atoms with E-state index in [9.17, 15) is 51.9 Å². The lowest BCUT2D eigenvalue weighted by atomic mass is 9.95. The molecule has 5 aliphatic rings. The van der Waals surface area contributed by atoms with Gasteiger partial charge in [0.1, 0.15) is 28.4 Å². The van der Waals surface area contributed by atoms with E-state index in [0.717, 1.165) is 48.6 Å². The molecular formula is C32H20N8O12S4. The van der Waals surface area contributed by atoms with E-state index in [4.69, 9.17) is 4.98 Å². The van der Waals surface area contributed by atoms with Gasteiger partial charge in [0.15, 0.2) is 17.1 Å². The minimum atomic E-state index is -4.73. The van der Waals surface area contributed by atoms with Gasteiger partial charge in [-0.15, -0.1) is 0 Å². The molecule has 9 rings (SSSR count). The molecule has 2 unspecified atom stereocenters. The molecule has 6 N–H and O–H groups in total. The van der Waals surface area contributed by atoms with Crippen LogP contribution < -0.4 is 11.0 Å². The quantitative estimate of drug-likeness (QED) is 0.138. The van der Waals surface area contributed by atoms with Crippen molar-refractivity contribution in [2.24, 2.45) is 0 Å². The van der Waals surface area contributed by atoms with Gasteiger partial charge in [-0.05, 0) is 60.7 Å². The van der Waals surface area contributed by atoms with Crippen LogP contribution in [0.25, 0.3) is 56.0 Å². The van der Waals surface area contributed by atoms with E-state index in [2.05, 4.69) is 34.9 Å². The molecule has 4 aromatic rings. The Morgan fingerprint density at radius 2 is 1.14 bits per heavy atom. The first-order valence-corrected chi connectivity index (χ1v) is 21.5. The second-order valence-electron chi connectivity index (χ2n) is 12.7. The lowest BCUT2D eigenvalue weighted by Crippen LogP contribution is -2.15. The zero-order chi connectivity index (χ0) is 39.7. The summed E-state index contributed by atoms with van der Waals surface area (Å²) in [5.74, 6) is -1.90. The zero-order valence-corrected chi connectivity index (χ0v) is 30.7. The van der Waals surface area contributed by atoms with Crippen LogP contribution in [0.5, 0.6) is 0 Å². The fourth-order valence-corrected chi connectivity index (χ4v) is 8.73. The molecule has 3 aliphatic heterocycles. The molecule has 0 saturated heterocycles. The summed E-state index contributed by atoms with van der Waals surface area (Å²) in [6.45, 7) is 0. The first-order chi connectivity index (χ1) is 26.2. The van der Waals surface area contributed by atoms with Crippen LogP contribution in [0.3, 0.4) is 0 Å². The predicted molar refractivity (Wildman–Crippen MR) is 194 cm³/mol. The van der Waals surface area contributed by atoms with Crippen LogP contribution in [0.4, 0.5) is 0 Å². The first-order valence-electron chi connectivity index (χ1n) is 15.8. The van der Waals surface area contributed by atoms with Gasteiger partial charge < -0.3 is 9.97 Å². The lowest BCUT2D eigenvalue weighted by Gasteiger charge is -2.13. The number of hydrogen-bond donors (Lipinski definition) is 6. The van der Waals surface area contributed by atoms with Crippen molar-refractivity contribution in [2.75, 3.05) is 0 Å². The van der Waals surface area contributed by atoms with Gasteiger partial charge in [-0.25, -0.2) is 29.9 Å². The summed E-state index contributed by atoms with van der Waals surface area (Å²) < 4.78 is 137. The van der Waals surface area contributed by atoms with Crippen LogP contribution >= 0.6 is 0 Å². The molecule has 24 heteroatoms. The molecule has 0 spiro atoms. The number of nitrogens with one attached hydrogen (secondary N) is 2. The van der Waals surface area contributed by atoms with E-state index in [1.807, 2.05) is 0 Å². The Kier molecular flexibility index (Phi) is 7.56. The summed E-state index contributed by atoms with van der Waals surface area (Å²) in [6, 6.07) is 7.08. The standard InChI is InChI=1S/C32H20N8O12S4/c41-53(42,43)13-1-5-17-21(9-13)29-33-25(17)37-30-22-10-14(54(44,45)46)2-6-18(22)27(34-30)39-32-24-12-16(56(50,51)52)4-8-20(24)28(36-32)40-31-23-11-15(55(47,48)49)3-7-19(23)26(35-31)38-29/h1-12,17-18H,(H,33,37)(H,41,42,43)(H,44,45,46)(H,47,48,49)(H,50,51,52)(H,34,35,36,38,39,40). The van der Waals surface area contributed by atoms with Crippen LogP contribution in [0.2, 0.25) is 0 Å². The molecule has 56 heavy (non-hydrogen) atoms. The van der Waals surface area contributed by atoms with Gasteiger partial charge in [-0.2, -0.15) is 33.7 Å². The third-order valence-electron chi connectivity index (χ3n) is 9.25. The number of allylic oxidation sites excluding steroid dienone is 6. The molecule has 20 nitrogen and oxygen atoms in total. The van der Waals surface area contributed by atoms with E-state index < -0.39 is 71.9 Å². The minimum absolute atomic E-state index is 0.00330. The second kappa shape index (κ2) is 11.8. The van der Waals surface area contributed by atoms with Crippen molar-refractivity contribution < 1.29 is 51.9 Å². The van der Waals surface area contributed by atoms with Crippen molar-refractivity contribution in [3.63, 3.8) is 0 Å². The predicted octanol–water partition coefficient (Wildman–Crippen LogP) is 1.15. The Balaban J connectivity index is 1.47. The van der Waals surface area contributed by atoms with Crippen LogP contribution in [-0.4, -0.2) is 91.8 Å². The number of H-pyrrole nitrogens is 2. The highest BCUT2D eigenvalue weighted by Crippen LogP contribution is 2.39. The lowest BCUT2D eigenvalue weighted by molar-refractivity contribution is 0.481. The summed E-state index contributed by atoms with van der Waals surface area (Å²) in [5, 5.41) is 0.373. The smallest absolute Gasteiger partial charge is 0.294 e. The topological polar surface area (TPSA) is 326 Å². The molecule has 0 saturated carbocycles. The number of benzene rings is 2. The fraction of sp³-hybridized carbons (Fsp3) is 0.0625. The van der Waals surface area contributed by atoms with Crippen LogP contribution in [0.1, 0.15) is 23.5 Å². The summed E-state index contributed by atoms with van der Waals surface area (Å²) in [5.41, 5.74) is 0.536. The van der Waals surface area contributed by atoms with Crippen molar-refractivity contribution in [3.05, 3.63) is 105 Å². The van der Waals surface area contributed by atoms with Crippen molar-refractivity contribution in [1.82, 2.24) is 39.9 Å². The first kappa shape index (κ1) is 35.8. The fourth-order valence-electron chi connectivity index (χ4n) is 6.67. The Bertz CT molecular complexity index is 3500. The highest BCUT2D eigenvalue weighted by Gasteiger charge is 2.32. The zero-order valence-electron chi connectivity index (χ0n) is 27.5. The number of fused-ring (bicyclic) bond motifs is 18. The molecule has 0 amide bonds. The molecule has 5 heterocycles. The highest BCUT2D eigenvalue weighted by atomic mass is 32.2. The van der Waals surface area contributed by atoms with Crippen LogP contribution in [0.15, 0.2) is 92.5 Å². The van der Waals surface area contributed by atoms with Crippen LogP contribution in [0, 0.1) is 0 Å². The summed E-state index contributed by atoms with van der Waals surface area (Å²) in [4.78, 5) is 31.8. The molecule has 2 aromatic carbocycles. The van der Waals surface area contributed by atoms with E-state index >= 15 is 0 Å². The molecule has 284 valence electrons. The van der Waals surface area contributed by atoms with Crippen molar-refractivity contribution in [3.8, 4) is 22.8 Å². The Labute approximate surface area is 313 Å². The number of aromatic nitrogens is 8. The minimum Gasteiger partial charge on any atom is -0.327 e. The molecule has 2 aromatic heterocycles. The number of nitrogens with zero attached hydrogens (tertiary/aromatic N) is 6. The maximum absolute atomic E-state index is 12.2. The van der Waals surface area contributed by atoms with Gasteiger partial charge in [-0.1, -0.05) is 12.2 Å². The van der Waals surface area contributed by atoms with E-state index in [1.54, 1.807) is 0 Å². The summed E-state index contributed by atoms with van der Waals surface area (Å²) >= 11 is 0. The molecule has 0 fully saturated rings. The number of rotatable bonds is 4. The largest absolute Gasteiger partial charge is 0.327 e. The SMILES string of the molecule is O=S(=O)(O)C1=CC2=c3nc(nc4nc(nc5[nH]c(nc6[nH]c(n3)C3C=CC(S(=O)(=O)O)=CC=63)c3ccc(S(=O)(=O)O)cc53)-c3ccc(S(=O)(=O)O)cc3-4)C2C=C1. The molecule has 8 bridgehead atoms. The maximum Gasteiger partial charge on any atom is 0.294 e. The van der Waals surface area contributed by atoms with Gasteiger partial charge >= 0.3 is 0 Å². The third-order valence-corrected chi connectivity index (χ3v) is 12.6. The normalized spacial score (nSPS) is 18.6. The number of aromatic amines is 2. The average Bonchev–Trinajstić information content (AvgIpc) is 3.84. The monoisotopic (exact) mass is 836 g/mol. The Morgan fingerprint density at radius 3 is 1.82 bits per heavy atom. The van der Waals surface area contributed by atoms with Crippen molar-refractivity contribution in [1.29, 1.82) is 0 Å². The third kappa shape index (κ3) is 5.95. The summed E-state index contributed by atoms with van der Waals surface area (Å²) in [7, 11) is -18.9. The Hall–Kier alpha value is -5.86. The van der Waals surface area contributed by atoms with Crippen molar-refractivity contribution >= 4 is 73.7 Å². The highest BCUT2D eigenvalue weighted by molar-refractivity contribution is 7.90. The number of hydrogen-bond acceptors (Lipinski definition) is 14. The van der Waals surface area contributed by atoms with Gasteiger partial charge in [0.2, 0.25) is 0 Å². The Morgan fingerprint density at radius 1 is 0.536 bits per heavy atom. The maximum atomic E-state index is 12.2. The average molecular weight is 837 g/mol. The summed E-state index contributed by atoms with van der Waals surface area (Å²) in [6.07, 6.45) is 7.38. The molecule has 2 aliphatic carbocycles. The van der Waals surface area contributed by atoms with E-state index in [-0.39, 0.29) is 78.6 Å². The van der Waals surface area contributed by atoms with E-state index in [1.165, 1.54) is 24.3 Å². The van der Waals surface area contributed by atoms with Gasteiger partial charge in [0.25, 0.3) is 40.5 Å². The molecule has 2 atom stereocenters. The van der Waals surface area contributed by atoms with Crippen molar-refractivity contribution in [2.45, 2.75) is 21.6 Å². The molecule has 0 radical (unpaired) electrons. The second-order valence-corrected chi connectivity index (χ2v) is 18.4. The van der Waals surface area contributed by atoms with Gasteiger partial charge in [0.05, 0.1) is 31.4 Å². The van der Waals surface area contributed by atoms with Gasteiger partial charge in [-0.3, -0.25) is 18.2 Å². The van der Waals surface area contributed by atoms with Crippen LogP contribution in [-0.2, 0) is 40.5 Å². The molecular weight excluding hydrogens is 817 g/mol. The van der Waals surface area contributed by atoms with E-state index in [0.29, 0.717) is 0 Å². The van der Waals surface area contributed by atoms with Gasteiger partial charge in [0, 0.05) is 33.0 Å².